The summed E-state index contributed by atoms with van der Waals surface area (Å²) in [6, 6.07) is 3.65. The highest BCUT2D eigenvalue weighted by atomic mass is 15.2. The van der Waals surface area contributed by atoms with Crippen LogP contribution in [-0.4, -0.2) is 37.4 Å². The van der Waals surface area contributed by atoms with Gasteiger partial charge in [-0.25, -0.2) is 9.97 Å². The molecule has 2 saturated heterocycles. The summed E-state index contributed by atoms with van der Waals surface area (Å²) in [6.07, 6.45) is 10.8. The van der Waals surface area contributed by atoms with Crippen LogP contribution < -0.4 is 5.73 Å². The summed E-state index contributed by atoms with van der Waals surface area (Å²) in [7, 11) is 0. The third kappa shape index (κ3) is 1.93. The van der Waals surface area contributed by atoms with Gasteiger partial charge in [0.2, 0.25) is 5.78 Å². The summed E-state index contributed by atoms with van der Waals surface area (Å²) < 4.78 is 1.99. The van der Waals surface area contributed by atoms with E-state index in [0.717, 1.165) is 30.9 Å². The summed E-state index contributed by atoms with van der Waals surface area (Å²) in [5, 5.41) is 0. The van der Waals surface area contributed by atoms with Crippen LogP contribution in [0.1, 0.15) is 31.4 Å². The normalized spacial score (nSPS) is 31.1. The minimum Gasteiger partial charge on any atom is -0.328 e. The molecule has 19 heavy (non-hydrogen) atoms. The fourth-order valence-corrected chi connectivity index (χ4v) is 3.72. The SMILES string of the molecule is NC1CC2CCC(C1)N2Cc1cn2cccnc2n1. The molecule has 100 valence electrons. The van der Waals surface area contributed by atoms with E-state index < -0.39 is 0 Å². The second-order valence-electron chi connectivity index (χ2n) is 5.85. The lowest BCUT2D eigenvalue weighted by molar-refractivity contribution is 0.118. The van der Waals surface area contributed by atoms with Crippen LogP contribution in [0.4, 0.5) is 0 Å². The van der Waals surface area contributed by atoms with Crippen molar-refractivity contribution in [2.75, 3.05) is 0 Å². The van der Waals surface area contributed by atoms with Crippen molar-refractivity contribution in [3.05, 3.63) is 30.4 Å². The van der Waals surface area contributed by atoms with E-state index in [4.69, 9.17) is 5.73 Å². The highest BCUT2D eigenvalue weighted by Crippen LogP contribution is 2.35. The molecule has 0 radical (unpaired) electrons. The van der Waals surface area contributed by atoms with Crippen molar-refractivity contribution >= 4 is 5.78 Å². The molecule has 0 aliphatic carbocycles. The van der Waals surface area contributed by atoms with Gasteiger partial charge in [-0.3, -0.25) is 9.30 Å². The fraction of sp³-hybridized carbons (Fsp3) is 0.571. The lowest BCUT2D eigenvalue weighted by Gasteiger charge is -2.37. The second kappa shape index (κ2) is 4.28. The number of imidazole rings is 1. The molecular weight excluding hydrogens is 238 g/mol. The van der Waals surface area contributed by atoms with Gasteiger partial charge in [-0.15, -0.1) is 0 Å². The van der Waals surface area contributed by atoms with Gasteiger partial charge in [-0.1, -0.05) is 0 Å². The van der Waals surface area contributed by atoms with Crippen molar-refractivity contribution < 1.29 is 0 Å². The Kier molecular flexibility index (Phi) is 2.56. The van der Waals surface area contributed by atoms with E-state index in [0.29, 0.717) is 18.1 Å². The topological polar surface area (TPSA) is 59.5 Å². The molecular formula is C14H19N5. The average Bonchev–Trinajstić information content (AvgIpc) is 2.90. The van der Waals surface area contributed by atoms with E-state index in [2.05, 4.69) is 21.1 Å². The third-order valence-corrected chi connectivity index (χ3v) is 4.55. The van der Waals surface area contributed by atoms with Crippen molar-refractivity contribution in [1.82, 2.24) is 19.3 Å². The Morgan fingerprint density at radius 3 is 2.79 bits per heavy atom. The van der Waals surface area contributed by atoms with Crippen LogP contribution in [0.15, 0.2) is 24.7 Å². The van der Waals surface area contributed by atoms with Crippen LogP contribution in [0.25, 0.3) is 5.78 Å². The molecule has 2 aliphatic rings. The zero-order valence-electron chi connectivity index (χ0n) is 10.9. The van der Waals surface area contributed by atoms with Gasteiger partial charge in [0.25, 0.3) is 0 Å². The van der Waals surface area contributed by atoms with Gasteiger partial charge in [0.15, 0.2) is 0 Å². The van der Waals surface area contributed by atoms with Gasteiger partial charge in [-0.05, 0) is 31.7 Å². The van der Waals surface area contributed by atoms with Gasteiger partial charge >= 0.3 is 0 Å². The minimum absolute atomic E-state index is 0.400. The van der Waals surface area contributed by atoms with Crippen LogP contribution in [0.3, 0.4) is 0 Å². The number of nitrogens with zero attached hydrogens (tertiary/aromatic N) is 4. The number of fused-ring (bicyclic) bond motifs is 3. The molecule has 0 saturated carbocycles. The summed E-state index contributed by atoms with van der Waals surface area (Å²) in [5.74, 6) is 0.790. The van der Waals surface area contributed by atoms with Gasteiger partial charge in [-0.2, -0.15) is 0 Å². The highest BCUT2D eigenvalue weighted by Gasteiger charge is 2.39. The molecule has 5 heteroatoms. The van der Waals surface area contributed by atoms with Crippen LogP contribution in [0, 0.1) is 0 Å². The van der Waals surface area contributed by atoms with E-state index in [1.807, 2.05) is 16.7 Å². The molecule has 2 aromatic rings. The molecule has 4 heterocycles. The van der Waals surface area contributed by atoms with Crippen molar-refractivity contribution in [3.63, 3.8) is 0 Å². The smallest absolute Gasteiger partial charge is 0.233 e. The molecule has 5 nitrogen and oxygen atoms in total. The van der Waals surface area contributed by atoms with E-state index >= 15 is 0 Å². The number of aromatic nitrogens is 3. The molecule has 2 aliphatic heterocycles. The Hall–Kier alpha value is -1.46. The number of hydrogen-bond donors (Lipinski definition) is 1. The average molecular weight is 257 g/mol. The molecule has 2 aromatic heterocycles. The van der Waals surface area contributed by atoms with E-state index in [1.165, 1.54) is 12.8 Å². The van der Waals surface area contributed by atoms with Crippen molar-refractivity contribution in [1.29, 1.82) is 0 Å². The maximum atomic E-state index is 6.12. The van der Waals surface area contributed by atoms with Gasteiger partial charge < -0.3 is 5.73 Å². The highest BCUT2D eigenvalue weighted by molar-refractivity contribution is 5.29. The number of rotatable bonds is 2. The Morgan fingerprint density at radius 2 is 2.05 bits per heavy atom. The van der Waals surface area contributed by atoms with Crippen molar-refractivity contribution in [3.8, 4) is 0 Å². The van der Waals surface area contributed by atoms with Crippen LogP contribution >= 0.6 is 0 Å². The monoisotopic (exact) mass is 257 g/mol. The largest absolute Gasteiger partial charge is 0.328 e. The Bertz CT molecular complexity index is 545. The maximum absolute atomic E-state index is 6.12. The van der Waals surface area contributed by atoms with E-state index in [1.54, 1.807) is 6.20 Å². The summed E-state index contributed by atoms with van der Waals surface area (Å²) in [6.45, 7) is 0.936. The zero-order valence-corrected chi connectivity index (χ0v) is 10.9. The molecule has 2 unspecified atom stereocenters. The summed E-state index contributed by atoms with van der Waals surface area (Å²) in [5.41, 5.74) is 7.23. The molecule has 2 atom stereocenters. The number of piperidine rings is 1. The van der Waals surface area contributed by atoms with Crippen LogP contribution in [0.5, 0.6) is 0 Å². The first-order valence-electron chi connectivity index (χ1n) is 7.09. The first kappa shape index (κ1) is 11.4. The molecule has 4 rings (SSSR count). The van der Waals surface area contributed by atoms with Crippen molar-refractivity contribution in [2.24, 2.45) is 5.73 Å². The Labute approximate surface area is 112 Å². The molecule has 0 amide bonds. The van der Waals surface area contributed by atoms with Crippen LogP contribution in [-0.2, 0) is 6.54 Å². The summed E-state index contributed by atoms with van der Waals surface area (Å²) >= 11 is 0. The molecule has 0 aromatic carbocycles. The first-order valence-corrected chi connectivity index (χ1v) is 7.09. The fourth-order valence-electron chi connectivity index (χ4n) is 3.72. The third-order valence-electron chi connectivity index (χ3n) is 4.55. The quantitative estimate of drug-likeness (QED) is 0.877. The molecule has 0 spiro atoms. The van der Waals surface area contributed by atoms with Gasteiger partial charge in [0.1, 0.15) is 0 Å². The second-order valence-corrected chi connectivity index (χ2v) is 5.85. The van der Waals surface area contributed by atoms with Gasteiger partial charge in [0, 0.05) is 43.3 Å². The molecule has 2 fully saturated rings. The summed E-state index contributed by atoms with van der Waals surface area (Å²) in [4.78, 5) is 11.5. The molecule has 2 N–H and O–H groups in total. The number of hydrogen-bond acceptors (Lipinski definition) is 4. The lowest BCUT2D eigenvalue weighted by Crippen LogP contribution is -2.46. The minimum atomic E-state index is 0.400. The van der Waals surface area contributed by atoms with Gasteiger partial charge in [0.05, 0.1) is 5.69 Å². The Morgan fingerprint density at radius 1 is 1.26 bits per heavy atom. The molecule has 2 bridgehead atoms. The first-order chi connectivity index (χ1) is 9.29. The lowest BCUT2D eigenvalue weighted by atomic mass is 9.98. The zero-order chi connectivity index (χ0) is 12.8. The predicted octanol–water partition coefficient (Wildman–Crippen LogP) is 1.18. The van der Waals surface area contributed by atoms with E-state index in [9.17, 15) is 0 Å². The van der Waals surface area contributed by atoms with E-state index in [-0.39, 0.29) is 0 Å². The van der Waals surface area contributed by atoms with Crippen molar-refractivity contribution in [2.45, 2.75) is 50.4 Å². The van der Waals surface area contributed by atoms with Crippen LogP contribution in [0.2, 0.25) is 0 Å². The Balaban J connectivity index is 1.58. The predicted molar refractivity (Wildman–Crippen MR) is 72.5 cm³/mol. The maximum Gasteiger partial charge on any atom is 0.233 e. The number of nitrogens with two attached hydrogens (primary N) is 1. The standard InChI is InChI=1S/C14H19N5/c15-10-6-12-2-3-13(7-10)19(12)9-11-8-18-5-1-4-16-14(18)17-11/h1,4-5,8,10,12-13H,2-3,6-7,9,15H2.